The fourth-order valence-corrected chi connectivity index (χ4v) is 2.67. The first kappa shape index (κ1) is 16.4. The van der Waals surface area contributed by atoms with Crippen molar-refractivity contribution in [3.05, 3.63) is 22.7 Å². The van der Waals surface area contributed by atoms with Gasteiger partial charge in [-0.05, 0) is 31.0 Å². The molecular weight excluding hydrogens is 320 g/mol. The summed E-state index contributed by atoms with van der Waals surface area (Å²) in [6.45, 7) is 8.96. The van der Waals surface area contributed by atoms with Crippen LogP contribution in [-0.4, -0.2) is 11.5 Å². The molecule has 106 valence electrons. The predicted molar refractivity (Wildman–Crippen MR) is 93.2 cm³/mol. The van der Waals surface area contributed by atoms with Crippen LogP contribution < -0.4 is 10.6 Å². The van der Waals surface area contributed by atoms with E-state index in [2.05, 4.69) is 38.7 Å². The monoisotopic (exact) mass is 342 g/mol. The van der Waals surface area contributed by atoms with E-state index in [1.807, 2.05) is 33.8 Å². The molecule has 0 atom stereocenters. The molecule has 4 heteroatoms. The Labute approximate surface area is 130 Å². The van der Waals surface area contributed by atoms with Crippen molar-refractivity contribution < 1.29 is 0 Å². The summed E-state index contributed by atoms with van der Waals surface area (Å²) < 4.78 is 1.09. The first-order chi connectivity index (χ1) is 9.20. The van der Waals surface area contributed by atoms with E-state index in [0.717, 1.165) is 27.4 Å². The Morgan fingerprint density at radius 1 is 1.11 bits per heavy atom. The van der Waals surface area contributed by atoms with E-state index in [9.17, 15) is 0 Å². The molecule has 1 aliphatic carbocycles. The van der Waals surface area contributed by atoms with Gasteiger partial charge in [0, 0.05) is 16.4 Å². The van der Waals surface area contributed by atoms with Gasteiger partial charge in [0.05, 0.1) is 16.4 Å². The smallest absolute Gasteiger partial charge is 0.0878 e. The summed E-state index contributed by atoms with van der Waals surface area (Å²) in [5, 5.41) is 6.82. The second-order valence-corrected chi connectivity index (χ2v) is 5.60. The molecule has 19 heavy (non-hydrogen) atoms. The molecule has 1 heterocycles. The van der Waals surface area contributed by atoms with E-state index in [0.29, 0.717) is 0 Å². The Bertz CT molecular complexity index is 442. The molecule has 0 saturated heterocycles. The summed E-state index contributed by atoms with van der Waals surface area (Å²) in [4.78, 5) is 0.996. The van der Waals surface area contributed by atoms with Crippen LogP contribution in [0.5, 0.6) is 0 Å². The summed E-state index contributed by atoms with van der Waals surface area (Å²) >= 11 is 8.91. The van der Waals surface area contributed by atoms with Gasteiger partial charge in [0.25, 0.3) is 0 Å². The van der Waals surface area contributed by atoms with E-state index in [1.165, 1.54) is 12.8 Å². The van der Waals surface area contributed by atoms with Crippen LogP contribution in [0.1, 0.15) is 40.5 Å². The molecule has 3 rings (SSSR count). The third-order valence-electron chi connectivity index (χ3n) is 3.18. The normalized spacial score (nSPS) is 17.4. The minimum absolute atomic E-state index is 0.237. The lowest BCUT2D eigenvalue weighted by Crippen LogP contribution is -2.25. The Kier molecular flexibility index (Phi) is 6.27. The maximum absolute atomic E-state index is 5.44. The summed E-state index contributed by atoms with van der Waals surface area (Å²) in [5.41, 5.74) is 2.46. The molecule has 2 aliphatic rings. The maximum Gasteiger partial charge on any atom is 0.0878 e. The minimum Gasteiger partial charge on any atom is -0.382 e. The Morgan fingerprint density at radius 2 is 1.74 bits per heavy atom. The van der Waals surface area contributed by atoms with Gasteiger partial charge in [-0.15, -0.1) is 0 Å². The van der Waals surface area contributed by atoms with Gasteiger partial charge >= 0.3 is 0 Å². The lowest BCUT2D eigenvalue weighted by molar-refractivity contribution is 0.758. The fourth-order valence-electron chi connectivity index (χ4n) is 1.93. The van der Waals surface area contributed by atoms with Crippen LogP contribution in [0.2, 0.25) is 0 Å². The van der Waals surface area contributed by atoms with E-state index in [1.54, 1.807) is 0 Å². The fraction of sp³-hybridized carbons (Fsp3) is 0.533. The number of fused-ring (bicyclic) bond motifs is 1. The lowest BCUT2D eigenvalue weighted by Gasteiger charge is -2.12. The summed E-state index contributed by atoms with van der Waals surface area (Å²) in [7, 11) is 0. The molecule has 1 aromatic carbocycles. The van der Waals surface area contributed by atoms with E-state index >= 15 is 0 Å². The van der Waals surface area contributed by atoms with E-state index < -0.39 is 0 Å². The van der Waals surface area contributed by atoms with Crippen molar-refractivity contribution in [1.82, 2.24) is 0 Å². The van der Waals surface area contributed by atoms with Gasteiger partial charge in [-0.3, -0.25) is 0 Å². The Morgan fingerprint density at radius 3 is 2.32 bits per heavy atom. The summed E-state index contributed by atoms with van der Waals surface area (Å²) in [6, 6.07) is 6.17. The highest BCUT2D eigenvalue weighted by Gasteiger charge is 2.47. The van der Waals surface area contributed by atoms with E-state index in [-0.39, 0.29) is 5.41 Å². The molecule has 1 spiro atoms. The third kappa shape index (κ3) is 3.69. The van der Waals surface area contributed by atoms with Crippen LogP contribution in [0.4, 0.5) is 11.4 Å². The molecule has 2 N–H and O–H groups in total. The Hall–Kier alpha value is -0.610. The van der Waals surface area contributed by atoms with Crippen LogP contribution >= 0.6 is 28.1 Å². The highest BCUT2D eigenvalue weighted by molar-refractivity contribution is 9.10. The van der Waals surface area contributed by atoms with Crippen LogP contribution in [0.3, 0.4) is 0 Å². The van der Waals surface area contributed by atoms with Crippen LogP contribution in [0.25, 0.3) is 0 Å². The first-order valence-electron chi connectivity index (χ1n) is 7.05. The molecule has 0 aromatic heterocycles. The quantitative estimate of drug-likeness (QED) is 0.613. The van der Waals surface area contributed by atoms with Gasteiger partial charge in [-0.25, -0.2) is 0 Å². The number of benzene rings is 1. The van der Waals surface area contributed by atoms with Gasteiger partial charge in [-0.2, -0.15) is 0 Å². The number of thiocarbonyl (C=S) groups is 1. The number of halogens is 1. The highest BCUT2D eigenvalue weighted by Crippen LogP contribution is 2.49. The van der Waals surface area contributed by atoms with Gasteiger partial charge in [0.15, 0.2) is 0 Å². The van der Waals surface area contributed by atoms with Crippen molar-refractivity contribution >= 4 is 44.5 Å². The summed E-state index contributed by atoms with van der Waals surface area (Å²) in [5.74, 6) is 0. The van der Waals surface area contributed by atoms with Gasteiger partial charge in [0.2, 0.25) is 0 Å². The summed E-state index contributed by atoms with van der Waals surface area (Å²) in [6.07, 6.45) is 2.42. The zero-order valence-corrected chi connectivity index (χ0v) is 14.5. The minimum atomic E-state index is 0.237. The first-order valence-corrected chi connectivity index (χ1v) is 8.25. The number of rotatable bonds is 0. The third-order valence-corrected chi connectivity index (χ3v) is 4.21. The van der Waals surface area contributed by atoms with Crippen molar-refractivity contribution in [1.29, 1.82) is 0 Å². The topological polar surface area (TPSA) is 24.1 Å². The standard InChI is InChI=1S/C11H11BrN2S.2C2H6/c12-7-1-2-8-9(5-7)13-6-11(3-4-11)10(15)14-8;2*1-2/h1-2,5,13H,3-4,6H2,(H,14,15);2*1-2H3. The number of hydrogen-bond donors (Lipinski definition) is 2. The average Bonchev–Trinajstić information content (AvgIpc) is 3.25. The van der Waals surface area contributed by atoms with Gasteiger partial charge in [-0.1, -0.05) is 55.8 Å². The van der Waals surface area contributed by atoms with Gasteiger partial charge < -0.3 is 10.6 Å². The molecule has 0 unspecified atom stereocenters. The maximum atomic E-state index is 5.44. The SMILES string of the molecule is CC.CC.S=C1Nc2ccc(Br)cc2NCC12CC2. The second-order valence-electron chi connectivity index (χ2n) is 4.28. The van der Waals surface area contributed by atoms with Crippen LogP contribution in [-0.2, 0) is 0 Å². The average molecular weight is 343 g/mol. The molecule has 1 saturated carbocycles. The number of hydrogen-bond acceptors (Lipinski definition) is 2. The van der Waals surface area contributed by atoms with Crippen molar-refractivity contribution in [2.45, 2.75) is 40.5 Å². The molecule has 2 nitrogen and oxygen atoms in total. The zero-order valence-electron chi connectivity index (χ0n) is 12.1. The molecule has 1 fully saturated rings. The van der Waals surface area contributed by atoms with E-state index in [4.69, 9.17) is 12.2 Å². The van der Waals surface area contributed by atoms with Crippen molar-refractivity contribution in [3.63, 3.8) is 0 Å². The van der Waals surface area contributed by atoms with Gasteiger partial charge in [0.1, 0.15) is 0 Å². The Balaban J connectivity index is 0.000000415. The number of anilines is 2. The number of nitrogens with one attached hydrogen (secondary N) is 2. The highest BCUT2D eigenvalue weighted by atomic mass is 79.9. The van der Waals surface area contributed by atoms with Crippen molar-refractivity contribution in [2.24, 2.45) is 5.41 Å². The molecule has 0 amide bonds. The molecule has 0 radical (unpaired) electrons. The predicted octanol–water partition coefficient (Wildman–Crippen LogP) is 5.45. The van der Waals surface area contributed by atoms with Crippen LogP contribution in [0, 0.1) is 5.41 Å². The van der Waals surface area contributed by atoms with Crippen molar-refractivity contribution in [3.8, 4) is 0 Å². The molecule has 1 aromatic rings. The van der Waals surface area contributed by atoms with Crippen LogP contribution in [0.15, 0.2) is 22.7 Å². The lowest BCUT2D eigenvalue weighted by atomic mass is 10.1. The molecule has 1 aliphatic heterocycles. The zero-order chi connectivity index (χ0) is 14.5. The second kappa shape index (κ2) is 7.25. The molecular formula is C15H23BrN2S. The molecule has 0 bridgehead atoms. The largest absolute Gasteiger partial charge is 0.382 e. The van der Waals surface area contributed by atoms with Crippen molar-refractivity contribution in [2.75, 3.05) is 17.2 Å².